The first kappa shape index (κ1) is 23.5. The van der Waals surface area contributed by atoms with E-state index < -0.39 is 0 Å². The van der Waals surface area contributed by atoms with E-state index in [2.05, 4.69) is 20.9 Å². The number of hydrogen-bond donors (Lipinski definition) is 3. The lowest BCUT2D eigenvalue weighted by molar-refractivity contribution is -0.120. The highest BCUT2D eigenvalue weighted by atomic mass is 127. The Morgan fingerprint density at radius 1 is 1.20 bits per heavy atom. The molecule has 0 aliphatic heterocycles. The lowest BCUT2D eigenvalue weighted by Gasteiger charge is -2.18. The molecule has 1 aromatic rings. The van der Waals surface area contributed by atoms with E-state index in [1.165, 1.54) is 0 Å². The fourth-order valence-electron chi connectivity index (χ4n) is 2.06. The molecule has 1 amide bonds. The molecule has 0 saturated heterocycles. The third-order valence-corrected chi connectivity index (χ3v) is 3.42. The second-order valence-corrected chi connectivity index (χ2v) is 5.67. The standard InChI is InChI=1S/C18H30N4O2.HI/c1-5-11-20-17(23)10-12-21-18(19-4)22-13-15(3)24-16-9-7-6-8-14(16)2;/h6-9,15H,5,10-13H2,1-4H3,(H,20,23)(H2,19,21,22);1H. The molecule has 25 heavy (non-hydrogen) atoms. The molecule has 0 heterocycles. The van der Waals surface area contributed by atoms with Gasteiger partial charge in [-0.3, -0.25) is 9.79 Å². The number of ether oxygens (including phenoxy) is 1. The minimum absolute atomic E-state index is 0. The molecule has 0 fully saturated rings. The predicted octanol–water partition coefficient (Wildman–Crippen LogP) is 2.46. The fraction of sp³-hybridized carbons (Fsp3) is 0.556. The highest BCUT2D eigenvalue weighted by Gasteiger charge is 2.07. The van der Waals surface area contributed by atoms with Crippen molar-refractivity contribution in [3.05, 3.63) is 29.8 Å². The second kappa shape index (κ2) is 13.7. The number of nitrogens with one attached hydrogen (secondary N) is 3. The number of benzene rings is 1. The zero-order valence-electron chi connectivity index (χ0n) is 15.6. The van der Waals surface area contributed by atoms with Crippen molar-refractivity contribution in [3.63, 3.8) is 0 Å². The van der Waals surface area contributed by atoms with Gasteiger partial charge in [-0.1, -0.05) is 25.1 Å². The first-order chi connectivity index (χ1) is 11.6. The third kappa shape index (κ3) is 10.2. The topological polar surface area (TPSA) is 74.8 Å². The Balaban J connectivity index is 0.00000576. The second-order valence-electron chi connectivity index (χ2n) is 5.67. The molecule has 0 aromatic heterocycles. The normalized spacial score (nSPS) is 11.9. The van der Waals surface area contributed by atoms with Gasteiger partial charge in [-0.15, -0.1) is 24.0 Å². The molecule has 1 rings (SSSR count). The van der Waals surface area contributed by atoms with Crippen molar-refractivity contribution in [1.82, 2.24) is 16.0 Å². The molecule has 3 N–H and O–H groups in total. The van der Waals surface area contributed by atoms with Gasteiger partial charge in [0.2, 0.25) is 5.91 Å². The first-order valence-electron chi connectivity index (χ1n) is 8.50. The van der Waals surface area contributed by atoms with Gasteiger partial charge in [-0.05, 0) is 31.9 Å². The molecule has 0 saturated carbocycles. The molecule has 1 aromatic carbocycles. The molecule has 0 spiro atoms. The number of aryl methyl sites for hydroxylation is 1. The Kier molecular flexibility index (Phi) is 12.9. The summed E-state index contributed by atoms with van der Waals surface area (Å²) in [6, 6.07) is 7.95. The zero-order valence-corrected chi connectivity index (χ0v) is 17.9. The molecule has 0 aliphatic rings. The van der Waals surface area contributed by atoms with Crippen LogP contribution in [0.4, 0.5) is 0 Å². The van der Waals surface area contributed by atoms with Crippen LogP contribution in [-0.2, 0) is 4.79 Å². The van der Waals surface area contributed by atoms with Crippen molar-refractivity contribution in [2.24, 2.45) is 4.99 Å². The van der Waals surface area contributed by atoms with E-state index in [0.29, 0.717) is 25.5 Å². The number of carbonyl (C=O) groups excluding carboxylic acids is 1. The van der Waals surface area contributed by atoms with E-state index in [9.17, 15) is 4.79 Å². The number of carbonyl (C=O) groups is 1. The van der Waals surface area contributed by atoms with Crippen LogP contribution >= 0.6 is 24.0 Å². The van der Waals surface area contributed by atoms with Gasteiger partial charge >= 0.3 is 0 Å². The summed E-state index contributed by atoms with van der Waals surface area (Å²) in [5.41, 5.74) is 1.12. The van der Waals surface area contributed by atoms with Gasteiger partial charge in [-0.25, -0.2) is 0 Å². The van der Waals surface area contributed by atoms with Gasteiger partial charge in [0.05, 0.1) is 6.54 Å². The smallest absolute Gasteiger partial charge is 0.221 e. The van der Waals surface area contributed by atoms with E-state index in [-0.39, 0.29) is 36.0 Å². The van der Waals surface area contributed by atoms with Crippen molar-refractivity contribution in [2.75, 3.05) is 26.7 Å². The van der Waals surface area contributed by atoms with Crippen molar-refractivity contribution < 1.29 is 9.53 Å². The summed E-state index contributed by atoms with van der Waals surface area (Å²) in [6.45, 7) is 7.95. The summed E-state index contributed by atoms with van der Waals surface area (Å²) < 4.78 is 5.92. The molecule has 142 valence electrons. The number of amides is 1. The number of hydrogen-bond acceptors (Lipinski definition) is 3. The number of aliphatic imine (C=N–C) groups is 1. The molecule has 0 bridgehead atoms. The average Bonchev–Trinajstić information content (AvgIpc) is 2.58. The van der Waals surface area contributed by atoms with E-state index >= 15 is 0 Å². The Bertz CT molecular complexity index is 538. The maximum absolute atomic E-state index is 11.5. The number of nitrogens with zero attached hydrogens (tertiary/aromatic N) is 1. The maximum atomic E-state index is 11.5. The minimum atomic E-state index is -0.00231. The van der Waals surface area contributed by atoms with Gasteiger partial charge in [0.1, 0.15) is 11.9 Å². The van der Waals surface area contributed by atoms with Crippen LogP contribution in [0.1, 0.15) is 32.3 Å². The van der Waals surface area contributed by atoms with Gasteiger partial charge in [-0.2, -0.15) is 0 Å². The summed E-state index contributed by atoms with van der Waals surface area (Å²) >= 11 is 0. The molecule has 1 atom stereocenters. The summed E-state index contributed by atoms with van der Waals surface area (Å²) in [7, 11) is 1.71. The van der Waals surface area contributed by atoms with E-state index in [1.807, 2.05) is 45.0 Å². The summed E-state index contributed by atoms with van der Waals surface area (Å²) in [5, 5.41) is 9.19. The van der Waals surface area contributed by atoms with Crippen LogP contribution in [0.5, 0.6) is 5.75 Å². The molecule has 1 unspecified atom stereocenters. The van der Waals surface area contributed by atoms with Gasteiger partial charge in [0, 0.05) is 26.6 Å². The average molecular weight is 462 g/mol. The highest BCUT2D eigenvalue weighted by Crippen LogP contribution is 2.17. The van der Waals surface area contributed by atoms with Crippen LogP contribution < -0.4 is 20.7 Å². The predicted molar refractivity (Wildman–Crippen MR) is 114 cm³/mol. The van der Waals surface area contributed by atoms with Gasteiger partial charge in [0.25, 0.3) is 0 Å². The fourth-order valence-corrected chi connectivity index (χ4v) is 2.06. The SMILES string of the molecule is CCCNC(=O)CCNC(=NC)NCC(C)Oc1ccccc1C.I. The van der Waals surface area contributed by atoms with Gasteiger partial charge < -0.3 is 20.7 Å². The quantitative estimate of drug-likeness (QED) is 0.300. The van der Waals surface area contributed by atoms with Crippen LogP contribution in [-0.4, -0.2) is 44.7 Å². The summed E-state index contributed by atoms with van der Waals surface area (Å²) in [6.07, 6.45) is 1.37. The molecule has 0 radical (unpaired) electrons. The minimum Gasteiger partial charge on any atom is -0.489 e. The van der Waals surface area contributed by atoms with Crippen molar-refractivity contribution in [2.45, 2.75) is 39.7 Å². The third-order valence-electron chi connectivity index (χ3n) is 3.42. The van der Waals surface area contributed by atoms with Crippen LogP contribution in [0, 0.1) is 6.92 Å². The van der Waals surface area contributed by atoms with Crippen molar-refractivity contribution in [3.8, 4) is 5.75 Å². The van der Waals surface area contributed by atoms with Crippen LogP contribution in [0.3, 0.4) is 0 Å². The molecular weight excluding hydrogens is 431 g/mol. The van der Waals surface area contributed by atoms with Crippen molar-refractivity contribution >= 4 is 35.8 Å². The van der Waals surface area contributed by atoms with E-state index in [0.717, 1.165) is 24.3 Å². The molecular formula is C18H31IN4O2. The maximum Gasteiger partial charge on any atom is 0.221 e. The lowest BCUT2D eigenvalue weighted by Crippen LogP contribution is -2.43. The number of halogens is 1. The summed E-state index contributed by atoms with van der Waals surface area (Å²) in [5.74, 6) is 1.61. The number of para-hydroxylation sites is 1. The summed E-state index contributed by atoms with van der Waals surface area (Å²) in [4.78, 5) is 15.7. The molecule has 7 heteroatoms. The van der Waals surface area contributed by atoms with Crippen LogP contribution in [0.25, 0.3) is 0 Å². The highest BCUT2D eigenvalue weighted by molar-refractivity contribution is 14.0. The van der Waals surface area contributed by atoms with Crippen molar-refractivity contribution in [1.29, 1.82) is 0 Å². The largest absolute Gasteiger partial charge is 0.489 e. The Morgan fingerprint density at radius 3 is 2.56 bits per heavy atom. The van der Waals surface area contributed by atoms with Crippen LogP contribution in [0.2, 0.25) is 0 Å². The molecule has 0 aliphatic carbocycles. The number of guanidine groups is 1. The zero-order chi connectivity index (χ0) is 17.8. The Hall–Kier alpha value is -1.51. The van der Waals surface area contributed by atoms with Gasteiger partial charge in [0.15, 0.2) is 5.96 Å². The first-order valence-corrected chi connectivity index (χ1v) is 8.50. The lowest BCUT2D eigenvalue weighted by atomic mass is 10.2. The van der Waals surface area contributed by atoms with E-state index in [4.69, 9.17) is 4.74 Å². The monoisotopic (exact) mass is 462 g/mol. The van der Waals surface area contributed by atoms with E-state index in [1.54, 1.807) is 7.05 Å². The Labute approximate surface area is 168 Å². The Morgan fingerprint density at radius 2 is 1.92 bits per heavy atom. The number of rotatable bonds is 9. The molecule has 6 nitrogen and oxygen atoms in total. The van der Waals surface area contributed by atoms with Crippen LogP contribution in [0.15, 0.2) is 29.3 Å².